The maximum absolute atomic E-state index is 14.1. The van der Waals surface area contributed by atoms with Crippen molar-refractivity contribution in [2.24, 2.45) is 5.92 Å². The highest BCUT2D eigenvalue weighted by atomic mass is 16.2. The molecule has 64 heavy (non-hydrogen) atoms. The molecule has 8 amide bonds. The van der Waals surface area contributed by atoms with Crippen molar-refractivity contribution in [2.45, 2.75) is 91.4 Å². The second-order valence-electron chi connectivity index (χ2n) is 17.0. The standard InChI is InChI=1S/C48H60N8O8/c1-30(2)26-35(39(58)49-10)50-40(59)36(27-32-20-14-11-15-21-32)51-44(63)47(6,7)55-42(61)38(29-34-24-18-13-19-25-34)53-45(64)48(8,9)56-41(60)37(28-33-22-16-12-17-23-33)52-43(62)46(4,5)54-31(3)57/h11-25,27-30,35H,26H2,1-10H3,(H,49,58)(H,50,59)(H,51,63)(H,52,62)(H,53,64)(H,54,57)(H,55,61)(H,56,60)/b36-27-,37-28-,38-29-/t35-/m1/s1. The maximum atomic E-state index is 14.1. The van der Waals surface area contributed by atoms with Gasteiger partial charge in [-0.05, 0) is 88.8 Å². The van der Waals surface area contributed by atoms with Crippen molar-refractivity contribution >= 4 is 65.5 Å². The maximum Gasteiger partial charge on any atom is 0.268 e. The summed E-state index contributed by atoms with van der Waals surface area (Å²) in [6.07, 6.45) is 4.55. The lowest BCUT2D eigenvalue weighted by molar-refractivity contribution is -0.133. The predicted octanol–water partition coefficient (Wildman–Crippen LogP) is 3.44. The zero-order chi connectivity index (χ0) is 47.8. The molecule has 0 aliphatic carbocycles. The van der Waals surface area contributed by atoms with E-state index in [0.717, 1.165) is 0 Å². The molecule has 0 saturated heterocycles. The van der Waals surface area contributed by atoms with E-state index in [1.165, 1.54) is 73.7 Å². The minimum atomic E-state index is -1.74. The molecule has 0 unspecified atom stereocenters. The molecule has 0 heterocycles. The van der Waals surface area contributed by atoms with Gasteiger partial charge in [0, 0.05) is 14.0 Å². The van der Waals surface area contributed by atoms with E-state index >= 15 is 0 Å². The number of carbonyl (C=O) groups excluding carboxylic acids is 8. The van der Waals surface area contributed by atoms with E-state index in [-0.39, 0.29) is 23.0 Å². The molecular formula is C48H60N8O8. The molecule has 0 spiro atoms. The molecule has 0 radical (unpaired) electrons. The average molecular weight is 877 g/mol. The summed E-state index contributed by atoms with van der Waals surface area (Å²) in [7, 11) is 1.46. The van der Waals surface area contributed by atoms with E-state index < -0.39 is 69.9 Å². The molecule has 0 aliphatic rings. The van der Waals surface area contributed by atoms with Gasteiger partial charge in [0.05, 0.1) is 0 Å². The Morgan fingerprint density at radius 3 is 1.11 bits per heavy atom. The fourth-order valence-corrected chi connectivity index (χ4v) is 5.88. The zero-order valence-corrected chi connectivity index (χ0v) is 38.0. The molecule has 8 N–H and O–H groups in total. The summed E-state index contributed by atoms with van der Waals surface area (Å²) in [4.78, 5) is 108. The third kappa shape index (κ3) is 15.8. The third-order valence-electron chi connectivity index (χ3n) is 9.43. The normalized spacial score (nSPS) is 12.8. The Labute approximate surface area is 374 Å². The first-order valence-electron chi connectivity index (χ1n) is 20.6. The van der Waals surface area contributed by atoms with Crippen molar-refractivity contribution in [1.29, 1.82) is 0 Å². The summed E-state index contributed by atoms with van der Waals surface area (Å²) < 4.78 is 0. The van der Waals surface area contributed by atoms with Crippen LogP contribution in [0.1, 0.15) is 85.4 Å². The molecule has 16 heteroatoms. The molecule has 0 aromatic heterocycles. The summed E-state index contributed by atoms with van der Waals surface area (Å²) in [5.41, 5.74) is -3.99. The SMILES string of the molecule is CNC(=O)[C@@H](CC(C)C)NC(=O)/C(=C/c1ccccc1)NC(=O)C(C)(C)NC(=O)/C(=C/c1ccccc1)NC(=O)C(C)(C)NC(=O)/C(=C/c1ccccc1)NC(=O)C(C)(C)NC(C)=O. The first-order chi connectivity index (χ1) is 29.9. The van der Waals surface area contributed by atoms with Gasteiger partial charge in [0.1, 0.15) is 39.7 Å². The van der Waals surface area contributed by atoms with Crippen LogP contribution in [0.25, 0.3) is 18.2 Å². The number of benzene rings is 3. The highest BCUT2D eigenvalue weighted by Gasteiger charge is 2.37. The van der Waals surface area contributed by atoms with Crippen LogP contribution in [0.4, 0.5) is 0 Å². The lowest BCUT2D eigenvalue weighted by atomic mass is 10.0. The minimum absolute atomic E-state index is 0.0461. The monoisotopic (exact) mass is 876 g/mol. The fraction of sp³-hybridized carbons (Fsp3) is 0.333. The number of likely N-dealkylation sites (N-methyl/N-ethyl adjacent to an activating group) is 1. The molecule has 340 valence electrons. The van der Waals surface area contributed by atoms with Gasteiger partial charge in [-0.25, -0.2) is 0 Å². The van der Waals surface area contributed by atoms with E-state index in [1.54, 1.807) is 91.0 Å². The van der Waals surface area contributed by atoms with E-state index in [4.69, 9.17) is 0 Å². The van der Waals surface area contributed by atoms with Crippen LogP contribution >= 0.6 is 0 Å². The Bertz CT molecular complexity index is 2280. The van der Waals surface area contributed by atoms with Crippen LogP contribution in [-0.2, 0) is 38.4 Å². The number of carbonyl (C=O) groups is 8. The molecular weight excluding hydrogens is 817 g/mol. The zero-order valence-electron chi connectivity index (χ0n) is 38.0. The van der Waals surface area contributed by atoms with Gasteiger partial charge >= 0.3 is 0 Å². The van der Waals surface area contributed by atoms with Crippen molar-refractivity contribution in [1.82, 2.24) is 42.5 Å². The van der Waals surface area contributed by atoms with Gasteiger partial charge in [0.15, 0.2) is 0 Å². The summed E-state index contributed by atoms with van der Waals surface area (Å²) in [6, 6.07) is 25.0. The molecule has 16 nitrogen and oxygen atoms in total. The molecule has 0 saturated carbocycles. The Balaban J connectivity index is 1.92. The molecule has 0 aliphatic heterocycles. The van der Waals surface area contributed by atoms with Crippen LogP contribution in [0.15, 0.2) is 108 Å². The van der Waals surface area contributed by atoms with Gasteiger partial charge in [-0.2, -0.15) is 0 Å². The largest absolute Gasteiger partial charge is 0.357 e. The second-order valence-corrected chi connectivity index (χ2v) is 17.0. The van der Waals surface area contributed by atoms with Crippen LogP contribution in [0.2, 0.25) is 0 Å². The van der Waals surface area contributed by atoms with E-state index in [0.29, 0.717) is 23.1 Å². The summed E-state index contributed by atoms with van der Waals surface area (Å²) >= 11 is 0. The Morgan fingerprint density at radius 2 is 0.812 bits per heavy atom. The Morgan fingerprint density at radius 1 is 0.500 bits per heavy atom. The van der Waals surface area contributed by atoms with E-state index in [9.17, 15) is 38.4 Å². The number of nitrogens with one attached hydrogen (secondary N) is 8. The predicted molar refractivity (Wildman–Crippen MR) is 245 cm³/mol. The van der Waals surface area contributed by atoms with Gasteiger partial charge < -0.3 is 42.5 Å². The Kier molecular flexibility index (Phi) is 18.0. The second kappa shape index (κ2) is 22.6. The van der Waals surface area contributed by atoms with Crippen molar-refractivity contribution < 1.29 is 38.4 Å². The molecule has 0 fully saturated rings. The summed E-state index contributed by atoms with van der Waals surface area (Å²) in [6.45, 7) is 13.6. The number of rotatable bonds is 19. The van der Waals surface area contributed by atoms with Gasteiger partial charge in [-0.15, -0.1) is 0 Å². The van der Waals surface area contributed by atoms with E-state index in [1.807, 2.05) is 13.8 Å². The first-order valence-corrected chi connectivity index (χ1v) is 20.6. The number of hydrogen-bond donors (Lipinski definition) is 8. The average Bonchev–Trinajstić information content (AvgIpc) is 3.22. The lowest BCUT2D eigenvalue weighted by Gasteiger charge is -2.29. The van der Waals surface area contributed by atoms with Crippen LogP contribution < -0.4 is 42.5 Å². The van der Waals surface area contributed by atoms with Gasteiger partial charge in [-0.1, -0.05) is 105 Å². The highest BCUT2D eigenvalue weighted by molar-refractivity contribution is 6.09. The summed E-state index contributed by atoms with van der Waals surface area (Å²) in [5.74, 6) is -5.70. The van der Waals surface area contributed by atoms with Crippen LogP contribution in [0.5, 0.6) is 0 Å². The third-order valence-corrected chi connectivity index (χ3v) is 9.43. The summed E-state index contributed by atoms with van der Waals surface area (Å²) in [5, 5.41) is 20.8. The fourth-order valence-electron chi connectivity index (χ4n) is 5.88. The number of hydrogen-bond acceptors (Lipinski definition) is 8. The van der Waals surface area contributed by atoms with Crippen molar-refractivity contribution in [2.75, 3.05) is 7.05 Å². The minimum Gasteiger partial charge on any atom is -0.357 e. The van der Waals surface area contributed by atoms with Crippen molar-refractivity contribution in [3.05, 3.63) is 125 Å². The van der Waals surface area contributed by atoms with E-state index in [2.05, 4.69) is 42.5 Å². The van der Waals surface area contributed by atoms with Crippen molar-refractivity contribution in [3.8, 4) is 0 Å². The molecule has 3 aromatic rings. The van der Waals surface area contributed by atoms with Crippen molar-refractivity contribution in [3.63, 3.8) is 0 Å². The quantitative estimate of drug-likeness (QED) is 0.0830. The van der Waals surface area contributed by atoms with Gasteiger partial charge in [0.2, 0.25) is 29.5 Å². The van der Waals surface area contributed by atoms with Crippen LogP contribution in [-0.4, -0.2) is 77.0 Å². The first kappa shape index (κ1) is 51.0. The molecule has 3 rings (SSSR count). The van der Waals surface area contributed by atoms with Crippen LogP contribution in [0.3, 0.4) is 0 Å². The molecule has 3 aromatic carbocycles. The van der Waals surface area contributed by atoms with Crippen LogP contribution in [0, 0.1) is 5.92 Å². The number of amides is 8. The van der Waals surface area contributed by atoms with Gasteiger partial charge in [-0.3, -0.25) is 38.4 Å². The smallest absolute Gasteiger partial charge is 0.268 e. The lowest BCUT2D eigenvalue weighted by Crippen LogP contribution is -2.59. The molecule has 1 atom stereocenters. The topological polar surface area (TPSA) is 233 Å². The van der Waals surface area contributed by atoms with Gasteiger partial charge in [0.25, 0.3) is 17.7 Å². The Hall–Kier alpha value is -7.36. The highest BCUT2D eigenvalue weighted by Crippen LogP contribution is 2.15. The molecule has 0 bridgehead atoms.